The summed E-state index contributed by atoms with van der Waals surface area (Å²) in [5, 5.41) is 0. The number of nitrogens with zero attached hydrogens (tertiary/aromatic N) is 5. The zero-order valence-corrected chi connectivity index (χ0v) is 15.7. The molecule has 1 amide bonds. The third-order valence-electron chi connectivity index (χ3n) is 5.19. The summed E-state index contributed by atoms with van der Waals surface area (Å²) in [6.07, 6.45) is 12.4. The number of hydrogen-bond donors (Lipinski definition) is 0. The smallest absolute Gasteiger partial charge is 0.270 e. The number of carbonyl (C=O) groups is 1. The lowest BCUT2D eigenvalue weighted by Gasteiger charge is -2.33. The Morgan fingerprint density at radius 3 is 2.63 bits per heavy atom. The first-order valence-electron chi connectivity index (χ1n) is 9.33. The van der Waals surface area contributed by atoms with Gasteiger partial charge in [0.05, 0.1) is 0 Å². The molecule has 6 nitrogen and oxygen atoms in total. The summed E-state index contributed by atoms with van der Waals surface area (Å²) >= 11 is 0. The normalized spacial score (nSPS) is 17.1. The van der Waals surface area contributed by atoms with Crippen molar-refractivity contribution < 1.29 is 4.79 Å². The number of rotatable bonds is 3. The SMILES string of the molecule is C[C@H]1CCCCN1C(=O)c1cc(-c2cnc(-c3cccnc3)nc2)cn1C. The van der Waals surface area contributed by atoms with Gasteiger partial charge in [0.1, 0.15) is 5.69 Å². The summed E-state index contributed by atoms with van der Waals surface area (Å²) in [7, 11) is 1.91. The number of aryl methyl sites for hydroxylation is 1. The molecule has 0 aliphatic carbocycles. The minimum absolute atomic E-state index is 0.101. The molecule has 0 unspecified atom stereocenters. The molecule has 4 heterocycles. The quantitative estimate of drug-likeness (QED) is 0.715. The summed E-state index contributed by atoms with van der Waals surface area (Å²) in [6, 6.07) is 6.03. The van der Waals surface area contributed by atoms with Crippen LogP contribution in [0.15, 0.2) is 49.2 Å². The highest BCUT2D eigenvalue weighted by atomic mass is 16.2. The zero-order valence-electron chi connectivity index (χ0n) is 15.7. The van der Waals surface area contributed by atoms with E-state index in [4.69, 9.17) is 0 Å². The first kappa shape index (κ1) is 17.4. The molecular weight excluding hydrogens is 338 g/mol. The molecule has 1 aliphatic heterocycles. The van der Waals surface area contributed by atoms with Gasteiger partial charge in [-0.15, -0.1) is 0 Å². The second-order valence-corrected chi connectivity index (χ2v) is 7.11. The molecule has 0 radical (unpaired) electrons. The monoisotopic (exact) mass is 361 g/mol. The Hall–Kier alpha value is -3.02. The summed E-state index contributed by atoms with van der Waals surface area (Å²) < 4.78 is 1.90. The maximum atomic E-state index is 13.0. The molecule has 0 bridgehead atoms. The number of aromatic nitrogens is 4. The van der Waals surface area contributed by atoms with Crippen molar-refractivity contribution in [3.05, 3.63) is 54.9 Å². The van der Waals surface area contributed by atoms with Crippen LogP contribution in [-0.2, 0) is 7.05 Å². The Kier molecular flexibility index (Phi) is 4.71. The van der Waals surface area contributed by atoms with Gasteiger partial charge < -0.3 is 9.47 Å². The number of likely N-dealkylation sites (tertiary alicyclic amines) is 1. The average Bonchev–Trinajstić information content (AvgIpc) is 3.10. The van der Waals surface area contributed by atoms with Crippen LogP contribution < -0.4 is 0 Å². The van der Waals surface area contributed by atoms with Gasteiger partial charge in [0.15, 0.2) is 5.82 Å². The van der Waals surface area contributed by atoms with Gasteiger partial charge in [-0.2, -0.15) is 0 Å². The predicted molar refractivity (Wildman–Crippen MR) is 104 cm³/mol. The third-order valence-corrected chi connectivity index (χ3v) is 5.19. The van der Waals surface area contributed by atoms with Gasteiger partial charge in [0, 0.05) is 67.3 Å². The van der Waals surface area contributed by atoms with E-state index in [1.54, 1.807) is 24.8 Å². The lowest BCUT2D eigenvalue weighted by atomic mass is 10.0. The summed E-state index contributed by atoms with van der Waals surface area (Å²) in [4.78, 5) is 28.0. The van der Waals surface area contributed by atoms with Crippen molar-refractivity contribution >= 4 is 5.91 Å². The van der Waals surface area contributed by atoms with E-state index in [0.29, 0.717) is 17.6 Å². The molecule has 138 valence electrons. The highest BCUT2D eigenvalue weighted by Gasteiger charge is 2.26. The van der Waals surface area contributed by atoms with Crippen molar-refractivity contribution in [2.45, 2.75) is 32.2 Å². The van der Waals surface area contributed by atoms with E-state index in [9.17, 15) is 4.79 Å². The molecule has 4 rings (SSSR count). The number of carbonyl (C=O) groups excluding carboxylic acids is 1. The topological polar surface area (TPSA) is 63.9 Å². The molecule has 1 atom stereocenters. The molecule has 1 saturated heterocycles. The molecule has 0 saturated carbocycles. The largest absolute Gasteiger partial charge is 0.346 e. The van der Waals surface area contributed by atoms with Crippen molar-refractivity contribution in [2.75, 3.05) is 6.54 Å². The molecule has 1 fully saturated rings. The molecule has 0 spiro atoms. The third kappa shape index (κ3) is 3.47. The molecule has 3 aromatic rings. The number of hydrogen-bond acceptors (Lipinski definition) is 4. The van der Waals surface area contributed by atoms with Crippen LogP contribution in [-0.4, -0.2) is 42.9 Å². The van der Waals surface area contributed by atoms with Crippen molar-refractivity contribution in [1.82, 2.24) is 24.4 Å². The lowest BCUT2D eigenvalue weighted by Crippen LogP contribution is -2.42. The van der Waals surface area contributed by atoms with Gasteiger partial charge >= 0.3 is 0 Å². The minimum atomic E-state index is 0.101. The van der Waals surface area contributed by atoms with Crippen molar-refractivity contribution in [2.24, 2.45) is 7.05 Å². The Morgan fingerprint density at radius 2 is 1.93 bits per heavy atom. The summed E-state index contributed by atoms with van der Waals surface area (Å²) in [6.45, 7) is 2.97. The lowest BCUT2D eigenvalue weighted by molar-refractivity contribution is 0.0626. The second kappa shape index (κ2) is 7.31. The Bertz CT molecular complexity index is 933. The number of pyridine rings is 1. The fourth-order valence-corrected chi connectivity index (χ4v) is 3.60. The molecule has 3 aromatic heterocycles. The molecule has 6 heteroatoms. The Morgan fingerprint density at radius 1 is 1.11 bits per heavy atom. The molecule has 0 aromatic carbocycles. The van der Waals surface area contributed by atoms with Crippen molar-refractivity contribution in [1.29, 1.82) is 0 Å². The van der Waals surface area contributed by atoms with E-state index in [2.05, 4.69) is 21.9 Å². The fourth-order valence-electron chi connectivity index (χ4n) is 3.60. The van der Waals surface area contributed by atoms with Gasteiger partial charge in [-0.05, 0) is 44.4 Å². The average molecular weight is 361 g/mol. The van der Waals surface area contributed by atoms with E-state index in [1.807, 2.05) is 40.9 Å². The van der Waals surface area contributed by atoms with E-state index < -0.39 is 0 Å². The maximum Gasteiger partial charge on any atom is 0.270 e. The van der Waals surface area contributed by atoms with E-state index in [1.165, 1.54) is 6.42 Å². The standard InChI is InChI=1S/C21H23N5O/c1-15-6-3-4-9-26(15)21(27)19-10-17(14-25(19)2)18-12-23-20(24-13-18)16-7-5-8-22-11-16/h5,7-8,10-15H,3-4,6,9H2,1-2H3/t15-/m0/s1. The van der Waals surface area contributed by atoms with Crippen LogP contribution in [0.2, 0.25) is 0 Å². The second-order valence-electron chi connectivity index (χ2n) is 7.11. The number of piperidine rings is 1. The highest BCUT2D eigenvalue weighted by Crippen LogP contribution is 2.25. The number of amides is 1. The summed E-state index contributed by atoms with van der Waals surface area (Å²) in [5.41, 5.74) is 3.43. The van der Waals surface area contributed by atoms with E-state index >= 15 is 0 Å². The predicted octanol–water partition coefficient (Wildman–Crippen LogP) is 3.56. The first-order valence-corrected chi connectivity index (χ1v) is 9.33. The van der Waals surface area contributed by atoms with Gasteiger partial charge in [-0.3, -0.25) is 9.78 Å². The van der Waals surface area contributed by atoms with Gasteiger partial charge in [0.2, 0.25) is 0 Å². The molecule has 27 heavy (non-hydrogen) atoms. The fraction of sp³-hybridized carbons (Fsp3) is 0.333. The van der Waals surface area contributed by atoms with Crippen LogP contribution in [0.4, 0.5) is 0 Å². The van der Waals surface area contributed by atoms with Gasteiger partial charge in [-0.1, -0.05) is 0 Å². The van der Waals surface area contributed by atoms with Crippen LogP contribution in [0.3, 0.4) is 0 Å². The minimum Gasteiger partial charge on any atom is -0.346 e. The van der Waals surface area contributed by atoms with Crippen LogP contribution in [0.25, 0.3) is 22.5 Å². The van der Waals surface area contributed by atoms with Crippen LogP contribution in [0, 0.1) is 0 Å². The molecule has 0 N–H and O–H groups in total. The Balaban J connectivity index is 1.58. The van der Waals surface area contributed by atoms with Crippen LogP contribution in [0.1, 0.15) is 36.7 Å². The van der Waals surface area contributed by atoms with Crippen molar-refractivity contribution in [3.63, 3.8) is 0 Å². The Labute approximate surface area is 158 Å². The van der Waals surface area contributed by atoms with Gasteiger partial charge in [0.25, 0.3) is 5.91 Å². The molecular formula is C21H23N5O. The maximum absolute atomic E-state index is 13.0. The summed E-state index contributed by atoms with van der Waals surface area (Å²) in [5.74, 6) is 0.741. The van der Waals surface area contributed by atoms with E-state index in [0.717, 1.165) is 36.1 Å². The molecule has 1 aliphatic rings. The van der Waals surface area contributed by atoms with Gasteiger partial charge in [-0.25, -0.2) is 9.97 Å². The van der Waals surface area contributed by atoms with Crippen LogP contribution in [0.5, 0.6) is 0 Å². The van der Waals surface area contributed by atoms with E-state index in [-0.39, 0.29) is 5.91 Å². The first-order chi connectivity index (χ1) is 13.1. The highest BCUT2D eigenvalue weighted by molar-refractivity contribution is 5.94. The zero-order chi connectivity index (χ0) is 18.8. The van der Waals surface area contributed by atoms with Crippen LogP contribution >= 0.6 is 0 Å². The van der Waals surface area contributed by atoms with Crippen molar-refractivity contribution in [3.8, 4) is 22.5 Å².